The number of likely N-dealkylation sites (N-methyl/N-ethyl adjacent to an activating group) is 2. The Bertz CT molecular complexity index is 421. The summed E-state index contributed by atoms with van der Waals surface area (Å²) in [7, 11) is 7.21. The van der Waals surface area contributed by atoms with Gasteiger partial charge in [0.05, 0.1) is 19.0 Å². The normalized spacial score (nSPS) is 10.5. The Hall–Kier alpha value is -1.82. The lowest BCUT2D eigenvalue weighted by Gasteiger charge is -2.22. The first-order valence-electron chi connectivity index (χ1n) is 5.65. The maximum atomic E-state index is 11.7. The topological polar surface area (TPSA) is 71.7 Å². The van der Waals surface area contributed by atoms with Crippen molar-refractivity contribution in [3.05, 3.63) is 17.8 Å². The summed E-state index contributed by atoms with van der Waals surface area (Å²) in [5, 5.41) is 0. The first-order chi connectivity index (χ1) is 8.45. The van der Waals surface area contributed by atoms with Crippen LogP contribution in [0.2, 0.25) is 0 Å². The molecule has 18 heavy (non-hydrogen) atoms. The van der Waals surface area contributed by atoms with Crippen molar-refractivity contribution in [1.29, 1.82) is 0 Å². The van der Waals surface area contributed by atoms with Gasteiger partial charge < -0.3 is 20.3 Å². The van der Waals surface area contributed by atoms with Crippen molar-refractivity contribution in [2.24, 2.45) is 0 Å². The number of pyridine rings is 1. The zero-order valence-corrected chi connectivity index (χ0v) is 11.3. The van der Waals surface area contributed by atoms with Gasteiger partial charge in [-0.05, 0) is 20.2 Å². The highest BCUT2D eigenvalue weighted by molar-refractivity contribution is 5.95. The second-order valence-electron chi connectivity index (χ2n) is 4.36. The van der Waals surface area contributed by atoms with E-state index in [1.54, 1.807) is 6.07 Å². The number of aromatic nitrogens is 1. The molecule has 1 aromatic rings. The Balaban J connectivity index is 2.96. The molecule has 0 radical (unpaired) electrons. The highest BCUT2D eigenvalue weighted by Crippen LogP contribution is 2.19. The molecular formula is C12H20N4O2. The average molecular weight is 252 g/mol. The van der Waals surface area contributed by atoms with E-state index in [1.807, 2.05) is 26.0 Å². The van der Waals surface area contributed by atoms with E-state index in [2.05, 4.69) is 9.88 Å². The molecule has 0 spiro atoms. The summed E-state index contributed by atoms with van der Waals surface area (Å²) in [4.78, 5) is 19.9. The summed E-state index contributed by atoms with van der Waals surface area (Å²) in [6.45, 7) is 1.62. The molecule has 100 valence electrons. The number of rotatable bonds is 5. The largest absolute Gasteiger partial charge is 0.465 e. The molecule has 0 aliphatic carbocycles. The van der Waals surface area contributed by atoms with Gasteiger partial charge in [0, 0.05) is 20.1 Å². The fourth-order valence-electron chi connectivity index (χ4n) is 1.49. The van der Waals surface area contributed by atoms with Crippen LogP contribution in [0.5, 0.6) is 0 Å². The van der Waals surface area contributed by atoms with Gasteiger partial charge in [-0.15, -0.1) is 0 Å². The van der Waals surface area contributed by atoms with E-state index in [4.69, 9.17) is 10.5 Å². The molecule has 2 N–H and O–H groups in total. The van der Waals surface area contributed by atoms with Gasteiger partial charge in [-0.3, -0.25) is 0 Å². The van der Waals surface area contributed by atoms with E-state index in [0.717, 1.165) is 13.1 Å². The van der Waals surface area contributed by atoms with Gasteiger partial charge >= 0.3 is 5.97 Å². The zero-order valence-electron chi connectivity index (χ0n) is 11.3. The van der Waals surface area contributed by atoms with Gasteiger partial charge in [-0.25, -0.2) is 9.78 Å². The van der Waals surface area contributed by atoms with Crippen LogP contribution in [0.1, 0.15) is 10.4 Å². The van der Waals surface area contributed by atoms with E-state index >= 15 is 0 Å². The van der Waals surface area contributed by atoms with Crippen LogP contribution in [-0.4, -0.2) is 57.2 Å². The molecule has 0 bridgehead atoms. The lowest BCUT2D eigenvalue weighted by Crippen LogP contribution is -2.30. The lowest BCUT2D eigenvalue weighted by molar-refractivity contribution is 0.0601. The first kappa shape index (κ1) is 14.2. The van der Waals surface area contributed by atoms with E-state index in [0.29, 0.717) is 17.1 Å². The number of hydrogen-bond acceptors (Lipinski definition) is 6. The third kappa shape index (κ3) is 3.59. The highest BCUT2D eigenvalue weighted by Gasteiger charge is 2.16. The van der Waals surface area contributed by atoms with Crippen LogP contribution in [0.25, 0.3) is 0 Å². The molecule has 1 heterocycles. The standard InChI is InChI=1S/C12H20N4O2/c1-15(2)5-6-16(3)11-10(12(17)18-4)7-9(13)8-14-11/h7-8H,5-6,13H2,1-4H3. The lowest BCUT2D eigenvalue weighted by atomic mass is 10.2. The number of esters is 1. The van der Waals surface area contributed by atoms with Crippen molar-refractivity contribution in [3.8, 4) is 0 Å². The number of nitrogens with zero attached hydrogens (tertiary/aromatic N) is 3. The Labute approximate surface area is 107 Å². The number of methoxy groups -OCH3 is 1. The molecule has 0 aliphatic rings. The molecule has 0 saturated heterocycles. The minimum atomic E-state index is -0.429. The van der Waals surface area contributed by atoms with Crippen LogP contribution < -0.4 is 10.6 Å². The zero-order chi connectivity index (χ0) is 13.7. The second kappa shape index (κ2) is 6.20. The predicted molar refractivity (Wildman–Crippen MR) is 71.8 cm³/mol. The number of carbonyl (C=O) groups is 1. The molecule has 0 saturated carbocycles. The quantitative estimate of drug-likeness (QED) is 0.767. The molecular weight excluding hydrogens is 232 g/mol. The van der Waals surface area contributed by atoms with E-state index in [1.165, 1.54) is 13.3 Å². The van der Waals surface area contributed by atoms with Crippen molar-refractivity contribution in [1.82, 2.24) is 9.88 Å². The molecule has 0 aromatic carbocycles. The van der Waals surface area contributed by atoms with Gasteiger partial charge in [-0.2, -0.15) is 0 Å². The number of carbonyl (C=O) groups excluding carboxylic acids is 1. The van der Waals surface area contributed by atoms with Gasteiger partial charge in [0.2, 0.25) is 0 Å². The second-order valence-corrected chi connectivity index (χ2v) is 4.36. The minimum absolute atomic E-state index is 0.388. The monoisotopic (exact) mass is 252 g/mol. The third-order valence-electron chi connectivity index (χ3n) is 2.54. The van der Waals surface area contributed by atoms with Crippen LogP contribution >= 0.6 is 0 Å². The maximum Gasteiger partial charge on any atom is 0.341 e. The fourth-order valence-corrected chi connectivity index (χ4v) is 1.49. The molecule has 1 aromatic heterocycles. The number of nitrogen functional groups attached to an aromatic ring is 1. The summed E-state index contributed by atoms with van der Waals surface area (Å²) in [5.41, 5.74) is 6.48. The smallest absolute Gasteiger partial charge is 0.341 e. The van der Waals surface area contributed by atoms with Gasteiger partial charge in [0.25, 0.3) is 0 Å². The number of hydrogen-bond donors (Lipinski definition) is 1. The van der Waals surface area contributed by atoms with Crippen molar-refractivity contribution in [3.63, 3.8) is 0 Å². The maximum absolute atomic E-state index is 11.7. The van der Waals surface area contributed by atoms with Crippen molar-refractivity contribution >= 4 is 17.5 Å². The van der Waals surface area contributed by atoms with Crippen LogP contribution in [0.3, 0.4) is 0 Å². The Morgan fingerprint density at radius 1 is 1.39 bits per heavy atom. The predicted octanol–water partition coefficient (Wildman–Crippen LogP) is 0.448. The van der Waals surface area contributed by atoms with E-state index in [9.17, 15) is 4.79 Å². The third-order valence-corrected chi connectivity index (χ3v) is 2.54. The molecule has 6 nitrogen and oxygen atoms in total. The molecule has 1 rings (SSSR count). The first-order valence-corrected chi connectivity index (χ1v) is 5.65. The van der Waals surface area contributed by atoms with Crippen LogP contribution in [0.15, 0.2) is 12.3 Å². The summed E-state index contributed by atoms with van der Waals surface area (Å²) in [6.07, 6.45) is 1.54. The van der Waals surface area contributed by atoms with E-state index < -0.39 is 5.97 Å². The van der Waals surface area contributed by atoms with Crippen LogP contribution in [0, 0.1) is 0 Å². The summed E-state index contributed by atoms with van der Waals surface area (Å²) in [6, 6.07) is 1.58. The van der Waals surface area contributed by atoms with Crippen molar-refractivity contribution in [2.45, 2.75) is 0 Å². The molecule has 0 fully saturated rings. The van der Waals surface area contributed by atoms with E-state index in [-0.39, 0.29) is 0 Å². The fraction of sp³-hybridized carbons (Fsp3) is 0.500. The minimum Gasteiger partial charge on any atom is -0.465 e. The van der Waals surface area contributed by atoms with Crippen molar-refractivity contribution < 1.29 is 9.53 Å². The van der Waals surface area contributed by atoms with Crippen LogP contribution in [-0.2, 0) is 4.74 Å². The average Bonchev–Trinajstić information content (AvgIpc) is 2.34. The van der Waals surface area contributed by atoms with Crippen LogP contribution in [0.4, 0.5) is 11.5 Å². The SMILES string of the molecule is COC(=O)c1cc(N)cnc1N(C)CCN(C)C. The Morgan fingerprint density at radius 2 is 2.06 bits per heavy atom. The van der Waals surface area contributed by atoms with Gasteiger partial charge in [-0.1, -0.05) is 0 Å². The van der Waals surface area contributed by atoms with Crippen molar-refractivity contribution in [2.75, 3.05) is 52.0 Å². The number of anilines is 2. The summed E-state index contributed by atoms with van der Waals surface area (Å²) < 4.78 is 4.74. The number of nitrogens with two attached hydrogens (primary N) is 1. The van der Waals surface area contributed by atoms with Gasteiger partial charge in [0.15, 0.2) is 0 Å². The summed E-state index contributed by atoms with van der Waals surface area (Å²) in [5.74, 6) is 0.152. The Morgan fingerprint density at radius 3 is 2.61 bits per heavy atom. The Kier molecular flexibility index (Phi) is 4.91. The molecule has 0 amide bonds. The molecule has 6 heteroatoms. The highest BCUT2D eigenvalue weighted by atomic mass is 16.5. The molecule has 0 unspecified atom stereocenters. The number of ether oxygens (including phenoxy) is 1. The summed E-state index contributed by atoms with van der Waals surface area (Å²) >= 11 is 0. The molecule has 0 atom stereocenters. The van der Waals surface area contributed by atoms with Gasteiger partial charge in [0.1, 0.15) is 11.4 Å². The molecule has 0 aliphatic heterocycles.